The van der Waals surface area contributed by atoms with E-state index in [0.717, 1.165) is 37.7 Å². The molecule has 18 heavy (non-hydrogen) atoms. The zero-order valence-electron chi connectivity index (χ0n) is 10.7. The summed E-state index contributed by atoms with van der Waals surface area (Å²) < 4.78 is 5.45. The Kier molecular flexibility index (Phi) is 3.48. The van der Waals surface area contributed by atoms with Crippen LogP contribution in [0.25, 0.3) is 0 Å². The Morgan fingerprint density at radius 2 is 2.22 bits per heavy atom. The summed E-state index contributed by atoms with van der Waals surface area (Å²) in [5.74, 6) is 1.34. The highest BCUT2D eigenvalue weighted by atomic mass is 16.3. The van der Waals surface area contributed by atoms with Crippen LogP contribution in [0.5, 0.6) is 0 Å². The van der Waals surface area contributed by atoms with E-state index < -0.39 is 0 Å². The van der Waals surface area contributed by atoms with Crippen molar-refractivity contribution in [3.8, 4) is 0 Å². The van der Waals surface area contributed by atoms with Gasteiger partial charge >= 0.3 is 0 Å². The van der Waals surface area contributed by atoms with Crippen LogP contribution in [0.15, 0.2) is 16.5 Å². The molecule has 0 radical (unpaired) electrons. The van der Waals surface area contributed by atoms with Crippen molar-refractivity contribution in [2.24, 2.45) is 0 Å². The van der Waals surface area contributed by atoms with Gasteiger partial charge in [-0.25, -0.2) is 0 Å². The van der Waals surface area contributed by atoms with Gasteiger partial charge in [0.05, 0.1) is 6.54 Å². The zero-order chi connectivity index (χ0) is 12.4. The maximum Gasteiger partial charge on any atom is 0.185 e. The third kappa shape index (κ3) is 2.49. The van der Waals surface area contributed by atoms with Crippen LogP contribution in [0, 0.1) is 0 Å². The topological polar surface area (TPSA) is 36.7 Å². The fourth-order valence-electron chi connectivity index (χ4n) is 3.13. The number of rotatable bonds is 3. The molecule has 0 saturated carbocycles. The van der Waals surface area contributed by atoms with E-state index in [4.69, 9.17) is 4.42 Å². The van der Waals surface area contributed by atoms with E-state index in [-0.39, 0.29) is 0 Å². The second-order valence-corrected chi connectivity index (χ2v) is 5.34. The van der Waals surface area contributed by atoms with Crippen molar-refractivity contribution in [1.82, 2.24) is 9.80 Å². The number of hydrogen-bond donors (Lipinski definition) is 0. The Morgan fingerprint density at radius 1 is 1.28 bits per heavy atom. The van der Waals surface area contributed by atoms with E-state index in [0.29, 0.717) is 5.76 Å². The highest BCUT2D eigenvalue weighted by molar-refractivity contribution is 5.70. The van der Waals surface area contributed by atoms with Gasteiger partial charge in [0.25, 0.3) is 0 Å². The summed E-state index contributed by atoms with van der Waals surface area (Å²) in [7, 11) is 0. The Morgan fingerprint density at radius 3 is 3.06 bits per heavy atom. The van der Waals surface area contributed by atoms with Gasteiger partial charge in [0.1, 0.15) is 5.76 Å². The monoisotopic (exact) mass is 248 g/mol. The predicted molar refractivity (Wildman–Crippen MR) is 68.6 cm³/mol. The van der Waals surface area contributed by atoms with Gasteiger partial charge in [-0.1, -0.05) is 6.42 Å². The molecular formula is C14H20N2O2. The fraction of sp³-hybridized carbons (Fsp3) is 0.643. The molecule has 98 valence electrons. The number of fused-ring (bicyclic) bond motifs is 1. The molecule has 1 atom stereocenters. The average Bonchev–Trinajstić information content (AvgIpc) is 2.86. The quantitative estimate of drug-likeness (QED) is 0.764. The van der Waals surface area contributed by atoms with Gasteiger partial charge in [0.2, 0.25) is 0 Å². The molecule has 3 heterocycles. The van der Waals surface area contributed by atoms with Crippen molar-refractivity contribution < 1.29 is 9.21 Å². The van der Waals surface area contributed by atoms with Crippen LogP contribution in [0.2, 0.25) is 0 Å². The number of hydrogen-bond acceptors (Lipinski definition) is 4. The lowest BCUT2D eigenvalue weighted by atomic mass is 9.99. The second-order valence-electron chi connectivity index (χ2n) is 5.34. The second kappa shape index (κ2) is 5.24. The number of piperidine rings is 1. The normalized spacial score (nSPS) is 25.9. The Labute approximate surface area is 108 Å². The predicted octanol–water partition coefficient (Wildman–Crippen LogP) is 1.76. The molecule has 0 amide bonds. The van der Waals surface area contributed by atoms with Crippen molar-refractivity contribution in [1.29, 1.82) is 0 Å². The zero-order valence-corrected chi connectivity index (χ0v) is 10.7. The highest BCUT2D eigenvalue weighted by Crippen LogP contribution is 2.22. The molecule has 0 aliphatic carbocycles. The smallest absolute Gasteiger partial charge is 0.185 e. The van der Waals surface area contributed by atoms with Crippen LogP contribution >= 0.6 is 0 Å². The van der Waals surface area contributed by atoms with E-state index in [2.05, 4.69) is 9.80 Å². The third-order valence-electron chi connectivity index (χ3n) is 4.10. The summed E-state index contributed by atoms with van der Waals surface area (Å²) in [6.07, 6.45) is 4.82. The van der Waals surface area contributed by atoms with Gasteiger partial charge in [-0.2, -0.15) is 0 Å². The highest BCUT2D eigenvalue weighted by Gasteiger charge is 2.28. The van der Waals surface area contributed by atoms with Gasteiger partial charge in [0.15, 0.2) is 12.0 Å². The lowest BCUT2D eigenvalue weighted by Gasteiger charge is -2.43. The van der Waals surface area contributed by atoms with E-state index in [9.17, 15) is 4.79 Å². The van der Waals surface area contributed by atoms with Crippen molar-refractivity contribution >= 4 is 6.29 Å². The molecular weight excluding hydrogens is 228 g/mol. The first kappa shape index (κ1) is 11.9. The maximum atomic E-state index is 10.6. The fourth-order valence-corrected chi connectivity index (χ4v) is 3.13. The van der Waals surface area contributed by atoms with Gasteiger partial charge < -0.3 is 4.42 Å². The third-order valence-corrected chi connectivity index (χ3v) is 4.10. The van der Waals surface area contributed by atoms with E-state index in [1.165, 1.54) is 32.4 Å². The van der Waals surface area contributed by atoms with Crippen molar-refractivity contribution in [3.63, 3.8) is 0 Å². The molecule has 0 bridgehead atoms. The van der Waals surface area contributed by atoms with Crippen LogP contribution in [0.1, 0.15) is 35.6 Å². The summed E-state index contributed by atoms with van der Waals surface area (Å²) in [4.78, 5) is 15.7. The summed E-state index contributed by atoms with van der Waals surface area (Å²) in [5.41, 5.74) is 0. The summed E-state index contributed by atoms with van der Waals surface area (Å²) in [6.45, 7) is 5.52. The molecule has 4 nitrogen and oxygen atoms in total. The molecule has 0 spiro atoms. The van der Waals surface area contributed by atoms with E-state index >= 15 is 0 Å². The first-order valence-electron chi connectivity index (χ1n) is 6.85. The van der Waals surface area contributed by atoms with Crippen LogP contribution in [-0.4, -0.2) is 48.3 Å². The molecule has 2 fully saturated rings. The van der Waals surface area contributed by atoms with Gasteiger partial charge in [-0.05, 0) is 31.5 Å². The molecule has 0 N–H and O–H groups in total. The van der Waals surface area contributed by atoms with Crippen LogP contribution in [0.3, 0.4) is 0 Å². The standard InChI is InChI=1S/C14H20N2O2/c17-11-14-5-4-13(18-14)10-15-7-8-16-6-2-1-3-12(16)9-15/h4-5,11-12H,1-3,6-10H2. The Bertz CT molecular complexity index is 416. The van der Waals surface area contributed by atoms with Crippen molar-refractivity contribution in [2.45, 2.75) is 31.8 Å². The van der Waals surface area contributed by atoms with Gasteiger partial charge in [0, 0.05) is 25.7 Å². The number of furan rings is 1. The number of aldehydes is 1. The first-order chi connectivity index (χ1) is 8.85. The number of nitrogens with zero attached hydrogens (tertiary/aromatic N) is 2. The first-order valence-corrected chi connectivity index (χ1v) is 6.85. The lowest BCUT2D eigenvalue weighted by molar-refractivity contribution is 0.0425. The molecule has 4 heteroatoms. The number of carbonyl (C=O) groups is 1. The molecule has 1 unspecified atom stereocenters. The number of piperazine rings is 1. The Hall–Kier alpha value is -1.13. The minimum absolute atomic E-state index is 0.432. The molecule has 1 aromatic heterocycles. The molecule has 2 saturated heterocycles. The molecule has 0 aromatic carbocycles. The number of carbonyl (C=O) groups excluding carboxylic acids is 1. The van der Waals surface area contributed by atoms with Gasteiger partial charge in [-0.3, -0.25) is 14.6 Å². The minimum atomic E-state index is 0.432. The lowest BCUT2D eigenvalue weighted by Crippen LogP contribution is -2.54. The molecule has 2 aliphatic heterocycles. The largest absolute Gasteiger partial charge is 0.457 e. The summed E-state index contributed by atoms with van der Waals surface area (Å²) in [5, 5.41) is 0. The molecule has 2 aliphatic rings. The minimum Gasteiger partial charge on any atom is -0.457 e. The van der Waals surface area contributed by atoms with Crippen LogP contribution in [0.4, 0.5) is 0 Å². The van der Waals surface area contributed by atoms with Crippen molar-refractivity contribution in [3.05, 3.63) is 23.7 Å². The van der Waals surface area contributed by atoms with Crippen LogP contribution < -0.4 is 0 Å². The van der Waals surface area contributed by atoms with Gasteiger partial charge in [-0.15, -0.1) is 0 Å². The summed E-state index contributed by atoms with van der Waals surface area (Å²) >= 11 is 0. The molecule has 3 rings (SSSR count). The maximum absolute atomic E-state index is 10.6. The average molecular weight is 248 g/mol. The van der Waals surface area contributed by atoms with Crippen molar-refractivity contribution in [2.75, 3.05) is 26.2 Å². The Balaban J connectivity index is 1.58. The molecule has 1 aromatic rings. The van der Waals surface area contributed by atoms with E-state index in [1.54, 1.807) is 6.07 Å². The van der Waals surface area contributed by atoms with E-state index in [1.807, 2.05) is 6.07 Å². The SMILES string of the molecule is O=Cc1ccc(CN2CCN3CCCCC3C2)o1. The van der Waals surface area contributed by atoms with Crippen LogP contribution in [-0.2, 0) is 6.54 Å². The summed E-state index contributed by atoms with van der Waals surface area (Å²) in [6, 6.07) is 4.39.